The third-order valence-corrected chi connectivity index (χ3v) is 7.82. The minimum absolute atomic E-state index is 0.210. The SMILES string of the molecule is CO[C@H]1O[C@@H]2COC(CS(=O)c3ccccc3)O[C@H]2[C@H](OCc2ccccc2)[C@H]1OCc1ccccc1. The molecule has 5 rings (SSSR count). The second-order valence-electron chi connectivity index (χ2n) is 8.99. The molecule has 2 unspecified atom stereocenters. The smallest absolute Gasteiger partial charge is 0.186 e. The molecule has 7 nitrogen and oxygen atoms in total. The number of fused-ring (bicyclic) bond motifs is 1. The molecule has 2 fully saturated rings. The number of hydrogen-bond donors (Lipinski definition) is 0. The van der Waals surface area contributed by atoms with E-state index in [1.54, 1.807) is 7.11 Å². The maximum Gasteiger partial charge on any atom is 0.186 e. The zero-order chi connectivity index (χ0) is 25.5. The Morgan fingerprint density at radius 2 is 1.35 bits per heavy atom. The molecule has 0 radical (unpaired) electrons. The van der Waals surface area contributed by atoms with Crippen LogP contribution >= 0.6 is 0 Å². The third-order valence-electron chi connectivity index (χ3n) is 6.44. The lowest BCUT2D eigenvalue weighted by Crippen LogP contribution is -2.64. The van der Waals surface area contributed by atoms with E-state index < -0.39 is 47.8 Å². The fraction of sp³-hybridized carbons (Fsp3) is 0.379. The maximum atomic E-state index is 12.9. The molecule has 37 heavy (non-hydrogen) atoms. The van der Waals surface area contributed by atoms with Crippen molar-refractivity contribution in [3.05, 3.63) is 102 Å². The minimum atomic E-state index is -1.27. The molecule has 2 saturated heterocycles. The first-order valence-corrected chi connectivity index (χ1v) is 13.7. The van der Waals surface area contributed by atoms with E-state index in [0.29, 0.717) is 13.2 Å². The van der Waals surface area contributed by atoms with Gasteiger partial charge >= 0.3 is 0 Å². The molecule has 3 aromatic carbocycles. The highest BCUT2D eigenvalue weighted by molar-refractivity contribution is 7.85. The van der Waals surface area contributed by atoms with E-state index in [1.165, 1.54) is 0 Å². The Labute approximate surface area is 220 Å². The standard InChI is InChI=1S/C29H32O7S/c1-31-29-28(34-18-22-13-7-3-8-14-22)27(33-17-21-11-5-2-6-12-21)26-24(35-29)19-32-25(36-26)20-37(30)23-15-9-4-10-16-23/h2-16,24-29H,17-20H2,1H3/t24-,25?,26-,27+,28-,29+,37?/m1/s1. The number of ether oxygens (including phenoxy) is 6. The summed E-state index contributed by atoms with van der Waals surface area (Å²) in [6, 6.07) is 29.2. The molecule has 8 heteroatoms. The van der Waals surface area contributed by atoms with Gasteiger partial charge in [0.25, 0.3) is 0 Å². The number of benzene rings is 3. The lowest BCUT2D eigenvalue weighted by atomic mass is 9.97. The summed E-state index contributed by atoms with van der Waals surface area (Å²) in [5.41, 5.74) is 2.07. The average molecular weight is 525 g/mol. The summed E-state index contributed by atoms with van der Waals surface area (Å²) >= 11 is 0. The van der Waals surface area contributed by atoms with Gasteiger partial charge in [-0.25, -0.2) is 0 Å². The minimum Gasteiger partial charge on any atom is -0.368 e. The first-order valence-electron chi connectivity index (χ1n) is 12.4. The quantitative estimate of drug-likeness (QED) is 0.396. The van der Waals surface area contributed by atoms with Crippen molar-refractivity contribution in [3.63, 3.8) is 0 Å². The zero-order valence-corrected chi connectivity index (χ0v) is 21.5. The van der Waals surface area contributed by atoms with Gasteiger partial charge in [-0.05, 0) is 23.3 Å². The van der Waals surface area contributed by atoms with Gasteiger partial charge in [-0.3, -0.25) is 4.21 Å². The van der Waals surface area contributed by atoms with Crippen molar-refractivity contribution < 1.29 is 32.6 Å². The molecule has 2 aliphatic rings. The Morgan fingerprint density at radius 1 is 0.784 bits per heavy atom. The van der Waals surface area contributed by atoms with E-state index in [9.17, 15) is 4.21 Å². The van der Waals surface area contributed by atoms with E-state index >= 15 is 0 Å². The summed E-state index contributed by atoms with van der Waals surface area (Å²) in [5.74, 6) is 0.210. The van der Waals surface area contributed by atoms with Gasteiger partial charge in [-0.15, -0.1) is 0 Å². The van der Waals surface area contributed by atoms with Crippen molar-refractivity contribution in [1.82, 2.24) is 0 Å². The molecule has 196 valence electrons. The monoisotopic (exact) mass is 524 g/mol. The summed E-state index contributed by atoms with van der Waals surface area (Å²) in [5, 5.41) is 0. The normalized spacial score (nSPS) is 28.4. The van der Waals surface area contributed by atoms with Crippen LogP contribution in [0.25, 0.3) is 0 Å². The largest absolute Gasteiger partial charge is 0.368 e. The lowest BCUT2D eigenvalue weighted by Gasteiger charge is -2.48. The van der Waals surface area contributed by atoms with Crippen molar-refractivity contribution in [2.24, 2.45) is 0 Å². The Bertz CT molecular complexity index is 1110. The van der Waals surface area contributed by atoms with Crippen LogP contribution in [0.2, 0.25) is 0 Å². The molecule has 2 aliphatic heterocycles. The predicted octanol–water partition coefficient (Wildman–Crippen LogP) is 4.08. The van der Waals surface area contributed by atoms with Gasteiger partial charge < -0.3 is 28.4 Å². The van der Waals surface area contributed by atoms with E-state index in [2.05, 4.69) is 0 Å². The predicted molar refractivity (Wildman–Crippen MR) is 138 cm³/mol. The van der Waals surface area contributed by atoms with Crippen molar-refractivity contribution in [3.8, 4) is 0 Å². The van der Waals surface area contributed by atoms with E-state index in [1.807, 2.05) is 91.0 Å². The number of methoxy groups -OCH3 is 1. The number of rotatable bonds is 10. The van der Waals surface area contributed by atoms with Crippen LogP contribution in [0.5, 0.6) is 0 Å². The van der Waals surface area contributed by atoms with E-state index in [0.717, 1.165) is 16.0 Å². The lowest BCUT2D eigenvalue weighted by molar-refractivity contribution is -0.363. The first kappa shape index (κ1) is 26.2. The zero-order valence-electron chi connectivity index (χ0n) is 20.7. The van der Waals surface area contributed by atoms with Crippen LogP contribution in [-0.4, -0.2) is 60.7 Å². The summed E-state index contributed by atoms with van der Waals surface area (Å²) in [6.45, 7) is 1.02. The molecule has 0 bridgehead atoms. The Kier molecular flexibility index (Phi) is 9.12. The van der Waals surface area contributed by atoms with E-state index in [4.69, 9.17) is 28.4 Å². The van der Waals surface area contributed by atoms with Gasteiger partial charge in [0.2, 0.25) is 0 Å². The van der Waals surface area contributed by atoms with Gasteiger partial charge in [-0.1, -0.05) is 78.9 Å². The van der Waals surface area contributed by atoms with Crippen LogP contribution in [-0.2, 0) is 52.4 Å². The van der Waals surface area contributed by atoms with Crippen molar-refractivity contribution in [2.45, 2.75) is 55.1 Å². The molecule has 0 saturated carbocycles. The molecule has 0 amide bonds. The molecule has 0 N–H and O–H groups in total. The molecule has 3 aromatic rings. The highest BCUT2D eigenvalue weighted by atomic mass is 32.2. The van der Waals surface area contributed by atoms with Crippen molar-refractivity contribution in [1.29, 1.82) is 0 Å². The van der Waals surface area contributed by atoms with E-state index in [-0.39, 0.29) is 12.4 Å². The Hall–Kier alpha value is -2.43. The van der Waals surface area contributed by atoms with Crippen LogP contribution in [0.4, 0.5) is 0 Å². The molecular formula is C29H32O7S. The van der Waals surface area contributed by atoms with Crippen LogP contribution < -0.4 is 0 Å². The second-order valence-corrected chi connectivity index (χ2v) is 10.5. The van der Waals surface area contributed by atoms with Crippen molar-refractivity contribution in [2.75, 3.05) is 19.5 Å². The van der Waals surface area contributed by atoms with Crippen LogP contribution in [0.15, 0.2) is 95.9 Å². The molecule has 7 atom stereocenters. The molecule has 0 aliphatic carbocycles. The van der Waals surface area contributed by atoms with Gasteiger partial charge in [-0.2, -0.15) is 0 Å². The Morgan fingerprint density at radius 3 is 1.95 bits per heavy atom. The maximum absolute atomic E-state index is 12.9. The topological polar surface area (TPSA) is 72.5 Å². The fourth-order valence-corrected chi connectivity index (χ4v) is 5.64. The highest BCUT2D eigenvalue weighted by Crippen LogP contribution is 2.33. The number of hydrogen-bond acceptors (Lipinski definition) is 7. The molecule has 0 aromatic heterocycles. The summed E-state index contributed by atoms with van der Waals surface area (Å²) in [4.78, 5) is 0.733. The molecular weight excluding hydrogens is 492 g/mol. The highest BCUT2D eigenvalue weighted by Gasteiger charge is 2.51. The van der Waals surface area contributed by atoms with Gasteiger partial charge in [0.15, 0.2) is 12.6 Å². The van der Waals surface area contributed by atoms with Crippen LogP contribution in [0.1, 0.15) is 11.1 Å². The summed E-state index contributed by atoms with van der Waals surface area (Å²) < 4.78 is 49.9. The molecule has 2 heterocycles. The summed E-state index contributed by atoms with van der Waals surface area (Å²) in [7, 11) is 0.321. The first-order chi connectivity index (χ1) is 18.2. The molecule has 0 spiro atoms. The Balaban J connectivity index is 1.34. The van der Waals surface area contributed by atoms with Crippen LogP contribution in [0.3, 0.4) is 0 Å². The van der Waals surface area contributed by atoms with Gasteiger partial charge in [0.05, 0.1) is 36.4 Å². The van der Waals surface area contributed by atoms with Crippen molar-refractivity contribution >= 4 is 10.8 Å². The van der Waals surface area contributed by atoms with Crippen LogP contribution in [0, 0.1) is 0 Å². The van der Waals surface area contributed by atoms with Gasteiger partial charge in [0.1, 0.15) is 24.4 Å². The summed E-state index contributed by atoms with van der Waals surface area (Å²) in [6.07, 6.45) is -3.26. The van der Waals surface area contributed by atoms with Gasteiger partial charge in [0, 0.05) is 12.0 Å². The average Bonchev–Trinajstić information content (AvgIpc) is 2.96. The third kappa shape index (κ3) is 6.72. The fourth-order valence-electron chi connectivity index (χ4n) is 4.56. The second kappa shape index (κ2) is 12.9.